The van der Waals surface area contributed by atoms with Crippen molar-refractivity contribution >= 4 is 52.9 Å². The van der Waals surface area contributed by atoms with E-state index in [9.17, 15) is 4.79 Å². The number of piperidine rings is 1. The highest BCUT2D eigenvalue weighted by Gasteiger charge is 2.39. The van der Waals surface area contributed by atoms with Crippen molar-refractivity contribution in [2.75, 3.05) is 20.2 Å². The molecule has 1 atom stereocenters. The van der Waals surface area contributed by atoms with Gasteiger partial charge in [-0.05, 0) is 53.1 Å². The molecule has 0 aromatic heterocycles. The molecule has 0 saturated carbocycles. The van der Waals surface area contributed by atoms with Gasteiger partial charge in [-0.25, -0.2) is 0 Å². The predicted molar refractivity (Wildman–Crippen MR) is 120 cm³/mol. The van der Waals surface area contributed by atoms with Crippen LogP contribution in [-0.4, -0.2) is 34.8 Å². The van der Waals surface area contributed by atoms with E-state index in [4.69, 9.17) is 39.5 Å². The third-order valence-corrected chi connectivity index (χ3v) is 6.43. The normalized spacial score (nSPS) is 19.3. The van der Waals surface area contributed by atoms with Gasteiger partial charge >= 0.3 is 0 Å². The molecule has 1 unspecified atom stereocenters. The largest absolute Gasteiger partial charge is 0.497 e. The van der Waals surface area contributed by atoms with Gasteiger partial charge in [-0.2, -0.15) is 0 Å². The average molecular weight is 451 g/mol. The topological polar surface area (TPSA) is 29.5 Å². The first kappa shape index (κ1) is 20.6. The Morgan fingerprint density at radius 3 is 2.31 bits per heavy atom. The second-order valence-corrected chi connectivity index (χ2v) is 9.84. The molecule has 6 heteroatoms. The van der Waals surface area contributed by atoms with Crippen molar-refractivity contribution in [1.82, 2.24) is 4.90 Å². The first-order valence-electron chi connectivity index (χ1n) is 9.69. The number of carbonyl (C=O) groups is 1. The molecule has 0 radical (unpaired) electrons. The van der Waals surface area contributed by atoms with Gasteiger partial charge in [0, 0.05) is 19.0 Å². The molecule has 2 aromatic rings. The average Bonchev–Trinajstić information content (AvgIpc) is 2.89. The number of benzene rings is 2. The second-order valence-electron chi connectivity index (χ2n) is 7.56. The van der Waals surface area contributed by atoms with Crippen LogP contribution in [0.1, 0.15) is 41.0 Å². The molecule has 2 aliphatic rings. The van der Waals surface area contributed by atoms with Crippen LogP contribution < -0.4 is 4.74 Å². The van der Waals surface area contributed by atoms with Gasteiger partial charge in [-0.1, -0.05) is 77.3 Å². The minimum atomic E-state index is -1.90. The van der Waals surface area contributed by atoms with Crippen LogP contribution in [0.15, 0.2) is 42.5 Å². The standard InChI is InChI=1S/C23H22Cl3NO2/c1-29-18-9-8-16-7-6-15-4-2-3-5-19(15)21(20(16)14-18)17-10-12-27(13-11-17)22(28)23(24,25)26/h2-9,14,17,21H,10-13H2,1H3. The van der Waals surface area contributed by atoms with Crippen LogP contribution in [0, 0.1) is 5.92 Å². The molecule has 1 fully saturated rings. The summed E-state index contributed by atoms with van der Waals surface area (Å²) in [5.74, 6) is 1.01. The Hall–Kier alpha value is -1.68. The van der Waals surface area contributed by atoms with Crippen LogP contribution in [-0.2, 0) is 4.79 Å². The van der Waals surface area contributed by atoms with E-state index in [-0.39, 0.29) is 5.92 Å². The lowest BCUT2D eigenvalue weighted by Crippen LogP contribution is -2.45. The summed E-state index contributed by atoms with van der Waals surface area (Å²) in [4.78, 5) is 14.0. The zero-order valence-corrected chi connectivity index (χ0v) is 18.3. The number of ether oxygens (including phenoxy) is 1. The molecule has 29 heavy (non-hydrogen) atoms. The van der Waals surface area contributed by atoms with E-state index in [1.54, 1.807) is 12.0 Å². The van der Waals surface area contributed by atoms with Crippen LogP contribution in [0.2, 0.25) is 0 Å². The van der Waals surface area contributed by atoms with E-state index in [0.29, 0.717) is 19.0 Å². The summed E-state index contributed by atoms with van der Waals surface area (Å²) in [7, 11) is 1.69. The summed E-state index contributed by atoms with van der Waals surface area (Å²) < 4.78 is 3.61. The maximum absolute atomic E-state index is 12.3. The van der Waals surface area contributed by atoms with Gasteiger partial charge in [-0.15, -0.1) is 0 Å². The lowest BCUT2D eigenvalue weighted by Gasteiger charge is -2.38. The van der Waals surface area contributed by atoms with Crippen LogP contribution in [0.4, 0.5) is 0 Å². The van der Waals surface area contributed by atoms with E-state index in [0.717, 1.165) is 18.6 Å². The number of halogens is 3. The third kappa shape index (κ3) is 4.14. The Bertz CT molecular complexity index is 943. The third-order valence-electron chi connectivity index (χ3n) is 5.94. The fraction of sp³-hybridized carbons (Fsp3) is 0.348. The van der Waals surface area contributed by atoms with Crippen molar-refractivity contribution in [3.05, 3.63) is 64.7 Å². The molecule has 0 N–H and O–H groups in total. The number of amides is 1. The number of hydrogen-bond donors (Lipinski definition) is 0. The quantitative estimate of drug-likeness (QED) is 0.532. The molecule has 0 bridgehead atoms. The smallest absolute Gasteiger partial charge is 0.274 e. The summed E-state index contributed by atoms with van der Waals surface area (Å²) >= 11 is 17.4. The van der Waals surface area contributed by atoms with Crippen molar-refractivity contribution in [1.29, 1.82) is 0 Å². The molecule has 4 rings (SSSR count). The monoisotopic (exact) mass is 449 g/mol. The van der Waals surface area contributed by atoms with Crippen LogP contribution in [0.25, 0.3) is 12.2 Å². The molecule has 2 aromatic carbocycles. The Balaban J connectivity index is 1.68. The van der Waals surface area contributed by atoms with E-state index in [1.165, 1.54) is 22.3 Å². The Morgan fingerprint density at radius 2 is 1.66 bits per heavy atom. The highest BCUT2D eigenvalue weighted by Crippen LogP contribution is 2.44. The number of fused-ring (bicyclic) bond motifs is 2. The van der Waals surface area contributed by atoms with Gasteiger partial charge < -0.3 is 9.64 Å². The molecular weight excluding hydrogens is 429 g/mol. The Morgan fingerprint density at radius 1 is 1.00 bits per heavy atom. The molecule has 152 valence electrons. The number of carbonyl (C=O) groups excluding carboxylic acids is 1. The van der Waals surface area contributed by atoms with Gasteiger partial charge in [0.2, 0.25) is 0 Å². The number of hydrogen-bond acceptors (Lipinski definition) is 2. The molecule has 1 saturated heterocycles. The molecule has 1 heterocycles. The molecular formula is C23H22Cl3NO2. The summed E-state index contributed by atoms with van der Waals surface area (Å²) in [6.07, 6.45) is 6.06. The highest BCUT2D eigenvalue weighted by molar-refractivity contribution is 6.76. The highest BCUT2D eigenvalue weighted by atomic mass is 35.6. The van der Waals surface area contributed by atoms with Gasteiger partial charge in [0.15, 0.2) is 0 Å². The van der Waals surface area contributed by atoms with Gasteiger partial charge in [0.25, 0.3) is 9.70 Å². The minimum Gasteiger partial charge on any atom is -0.497 e. The van der Waals surface area contributed by atoms with Gasteiger partial charge in [0.1, 0.15) is 5.75 Å². The van der Waals surface area contributed by atoms with E-state index in [1.807, 2.05) is 6.07 Å². The maximum Gasteiger partial charge on any atom is 0.274 e. The van der Waals surface area contributed by atoms with Crippen LogP contribution in [0.3, 0.4) is 0 Å². The summed E-state index contributed by atoms with van der Waals surface area (Å²) in [5, 5.41) is 0. The van der Waals surface area contributed by atoms with E-state index in [2.05, 4.69) is 48.6 Å². The second kappa shape index (κ2) is 8.22. The predicted octanol–water partition coefficient (Wildman–Crippen LogP) is 5.92. The van der Waals surface area contributed by atoms with Crippen LogP contribution >= 0.6 is 34.8 Å². The summed E-state index contributed by atoms with van der Waals surface area (Å²) in [6, 6.07) is 14.8. The van der Waals surface area contributed by atoms with E-state index >= 15 is 0 Å². The molecule has 3 nitrogen and oxygen atoms in total. The fourth-order valence-corrected chi connectivity index (χ4v) is 4.88. The zero-order valence-electron chi connectivity index (χ0n) is 16.1. The number of rotatable bonds is 2. The molecule has 1 aliphatic carbocycles. The van der Waals surface area contributed by atoms with Crippen molar-refractivity contribution in [3.8, 4) is 5.75 Å². The zero-order chi connectivity index (χ0) is 20.6. The number of likely N-dealkylation sites (tertiary alicyclic amines) is 1. The Kier molecular flexibility index (Phi) is 5.83. The molecule has 1 aliphatic heterocycles. The van der Waals surface area contributed by atoms with Crippen molar-refractivity contribution in [3.63, 3.8) is 0 Å². The Labute approximate surface area is 186 Å². The van der Waals surface area contributed by atoms with Crippen molar-refractivity contribution < 1.29 is 9.53 Å². The minimum absolute atomic E-state index is 0.219. The first-order valence-corrected chi connectivity index (χ1v) is 10.8. The van der Waals surface area contributed by atoms with Crippen LogP contribution in [0.5, 0.6) is 5.75 Å². The summed E-state index contributed by atoms with van der Waals surface area (Å²) in [6.45, 7) is 1.17. The SMILES string of the molecule is COc1ccc2c(c1)C(C1CCN(C(=O)C(Cl)(Cl)Cl)CC1)c1ccccc1C=C2. The van der Waals surface area contributed by atoms with E-state index < -0.39 is 9.70 Å². The number of methoxy groups -OCH3 is 1. The number of nitrogens with zero attached hydrogens (tertiary/aromatic N) is 1. The van der Waals surface area contributed by atoms with Crippen molar-refractivity contribution in [2.45, 2.75) is 22.6 Å². The lowest BCUT2D eigenvalue weighted by atomic mass is 9.74. The van der Waals surface area contributed by atoms with Crippen molar-refractivity contribution in [2.24, 2.45) is 5.92 Å². The first-order chi connectivity index (χ1) is 13.9. The maximum atomic E-state index is 12.3. The molecule has 1 amide bonds. The summed E-state index contributed by atoms with van der Waals surface area (Å²) in [5.41, 5.74) is 5.00. The fourth-order valence-electron chi connectivity index (χ4n) is 4.52. The van der Waals surface area contributed by atoms with Gasteiger partial charge in [0.05, 0.1) is 7.11 Å². The number of alkyl halides is 3. The molecule has 0 spiro atoms. The lowest BCUT2D eigenvalue weighted by molar-refractivity contribution is -0.131. The van der Waals surface area contributed by atoms with Gasteiger partial charge in [-0.3, -0.25) is 4.79 Å².